The van der Waals surface area contributed by atoms with Crippen molar-refractivity contribution in [2.24, 2.45) is 5.84 Å². The van der Waals surface area contributed by atoms with E-state index in [1.54, 1.807) is 12.3 Å². The number of hydrogen-bond acceptors (Lipinski definition) is 5. The Labute approximate surface area is 128 Å². The molecule has 0 fully saturated rings. The average Bonchev–Trinajstić information content (AvgIpc) is 2.46. The van der Waals surface area contributed by atoms with Crippen LogP contribution in [0.1, 0.15) is 30.6 Å². The van der Waals surface area contributed by atoms with Gasteiger partial charge in [0, 0.05) is 23.8 Å². The van der Waals surface area contributed by atoms with E-state index in [4.69, 9.17) is 5.84 Å². The second kappa shape index (κ2) is 8.89. The molecule has 0 saturated heterocycles. The van der Waals surface area contributed by atoms with Gasteiger partial charge >= 0.3 is 0 Å². The summed E-state index contributed by atoms with van der Waals surface area (Å²) in [7, 11) is 0. The number of rotatable bonds is 8. The highest BCUT2D eigenvalue weighted by atomic mass is 79.9. The van der Waals surface area contributed by atoms with Crippen molar-refractivity contribution in [2.75, 3.05) is 31.6 Å². The van der Waals surface area contributed by atoms with Crippen molar-refractivity contribution in [3.63, 3.8) is 0 Å². The number of anilines is 1. The van der Waals surface area contributed by atoms with Crippen LogP contribution in [0.2, 0.25) is 0 Å². The van der Waals surface area contributed by atoms with E-state index in [0.29, 0.717) is 17.9 Å². The summed E-state index contributed by atoms with van der Waals surface area (Å²) in [5, 5.41) is 2.89. The number of nitrogens with one attached hydrogen (secondary N) is 2. The molecule has 7 heteroatoms. The van der Waals surface area contributed by atoms with Crippen LogP contribution in [0.5, 0.6) is 0 Å². The van der Waals surface area contributed by atoms with E-state index >= 15 is 0 Å². The molecule has 0 aliphatic rings. The summed E-state index contributed by atoms with van der Waals surface area (Å²) < 4.78 is 0.739. The molecule has 0 aliphatic heterocycles. The zero-order valence-electron chi connectivity index (χ0n) is 11.9. The van der Waals surface area contributed by atoms with Crippen LogP contribution >= 0.6 is 15.9 Å². The number of aromatic nitrogens is 1. The fourth-order valence-corrected chi connectivity index (χ4v) is 2.23. The van der Waals surface area contributed by atoms with E-state index in [0.717, 1.165) is 30.5 Å². The molecule has 0 aliphatic carbocycles. The molecule has 4 N–H and O–H groups in total. The van der Waals surface area contributed by atoms with Crippen molar-refractivity contribution in [1.82, 2.24) is 15.2 Å². The molecule has 0 unspecified atom stereocenters. The van der Waals surface area contributed by atoms with Crippen molar-refractivity contribution in [2.45, 2.75) is 20.3 Å². The second-order valence-electron chi connectivity index (χ2n) is 4.38. The van der Waals surface area contributed by atoms with Gasteiger partial charge in [0.2, 0.25) is 0 Å². The standard InChI is InChI=1S/C13H22BrN5O/c1-3-6-19(4-2)7-5-16-13(20)11-8-10(14)9-17-12(11)18-15/h8-9H,3-7,15H2,1-2H3,(H,16,20)(H,17,18). The third-order valence-corrected chi connectivity index (χ3v) is 3.37. The molecule has 1 aromatic rings. The molecule has 112 valence electrons. The van der Waals surface area contributed by atoms with Crippen LogP contribution in [0, 0.1) is 0 Å². The average molecular weight is 344 g/mol. The molecule has 0 radical (unpaired) electrons. The van der Waals surface area contributed by atoms with Crippen LogP contribution in [0.15, 0.2) is 16.7 Å². The first-order valence-corrected chi connectivity index (χ1v) is 7.54. The summed E-state index contributed by atoms with van der Waals surface area (Å²) in [4.78, 5) is 18.5. The lowest BCUT2D eigenvalue weighted by Gasteiger charge is -2.19. The Balaban J connectivity index is 2.56. The van der Waals surface area contributed by atoms with Gasteiger partial charge in [0.05, 0.1) is 5.56 Å². The lowest BCUT2D eigenvalue weighted by molar-refractivity contribution is 0.0949. The summed E-state index contributed by atoms with van der Waals surface area (Å²) in [5.41, 5.74) is 2.86. The minimum absolute atomic E-state index is 0.181. The van der Waals surface area contributed by atoms with Crippen LogP contribution < -0.4 is 16.6 Å². The zero-order valence-corrected chi connectivity index (χ0v) is 13.5. The monoisotopic (exact) mass is 343 g/mol. The molecule has 0 saturated carbocycles. The highest BCUT2D eigenvalue weighted by Gasteiger charge is 2.12. The third kappa shape index (κ3) is 5.07. The highest BCUT2D eigenvalue weighted by molar-refractivity contribution is 9.10. The number of carbonyl (C=O) groups is 1. The molecule has 1 amide bonds. The molecular formula is C13H22BrN5O. The second-order valence-corrected chi connectivity index (χ2v) is 5.30. The predicted octanol–water partition coefficient (Wildman–Crippen LogP) is 1.59. The number of hydrazine groups is 1. The number of nitrogens with zero attached hydrogens (tertiary/aromatic N) is 2. The largest absolute Gasteiger partial charge is 0.351 e. The first kappa shape index (κ1) is 16.9. The number of carbonyl (C=O) groups excluding carboxylic acids is 1. The third-order valence-electron chi connectivity index (χ3n) is 2.94. The quantitative estimate of drug-likeness (QED) is 0.493. The predicted molar refractivity (Wildman–Crippen MR) is 84.5 cm³/mol. The number of nitrogens with two attached hydrogens (primary N) is 1. The van der Waals surface area contributed by atoms with Crippen molar-refractivity contribution in [3.05, 3.63) is 22.3 Å². The van der Waals surface area contributed by atoms with Gasteiger partial charge in [-0.1, -0.05) is 13.8 Å². The Morgan fingerprint density at radius 1 is 1.45 bits per heavy atom. The SMILES string of the molecule is CCCN(CC)CCNC(=O)c1cc(Br)cnc1NN. The maximum Gasteiger partial charge on any atom is 0.255 e. The maximum atomic E-state index is 12.1. The first-order chi connectivity index (χ1) is 9.62. The van der Waals surface area contributed by atoms with E-state index in [9.17, 15) is 4.79 Å². The topological polar surface area (TPSA) is 83.3 Å². The van der Waals surface area contributed by atoms with E-state index in [-0.39, 0.29) is 5.91 Å². The van der Waals surface area contributed by atoms with Crippen LogP contribution in [0.3, 0.4) is 0 Å². The lowest BCUT2D eigenvalue weighted by Crippen LogP contribution is -2.35. The molecular weight excluding hydrogens is 322 g/mol. The number of halogens is 1. The Morgan fingerprint density at radius 3 is 2.80 bits per heavy atom. The molecule has 0 bridgehead atoms. The van der Waals surface area contributed by atoms with Gasteiger partial charge in [-0.25, -0.2) is 10.8 Å². The Kier molecular flexibility index (Phi) is 7.50. The molecule has 1 aromatic heterocycles. The van der Waals surface area contributed by atoms with E-state index in [2.05, 4.69) is 50.4 Å². The van der Waals surface area contributed by atoms with Crippen LogP contribution in [0.4, 0.5) is 5.82 Å². The Hall–Kier alpha value is -1.18. The Morgan fingerprint density at radius 2 is 2.20 bits per heavy atom. The summed E-state index contributed by atoms with van der Waals surface area (Å²) >= 11 is 3.30. The molecule has 20 heavy (non-hydrogen) atoms. The van der Waals surface area contributed by atoms with Crippen molar-refractivity contribution in [1.29, 1.82) is 0 Å². The van der Waals surface area contributed by atoms with Gasteiger partial charge in [0.1, 0.15) is 0 Å². The summed E-state index contributed by atoms with van der Waals surface area (Å²) in [6.45, 7) is 7.73. The van der Waals surface area contributed by atoms with Gasteiger partial charge < -0.3 is 15.6 Å². The van der Waals surface area contributed by atoms with Crippen molar-refractivity contribution < 1.29 is 4.79 Å². The maximum absolute atomic E-state index is 12.1. The van der Waals surface area contributed by atoms with Gasteiger partial charge in [-0.05, 0) is 41.5 Å². The van der Waals surface area contributed by atoms with Gasteiger partial charge in [0.25, 0.3) is 5.91 Å². The van der Waals surface area contributed by atoms with Crippen LogP contribution in [0.25, 0.3) is 0 Å². The lowest BCUT2D eigenvalue weighted by atomic mass is 10.2. The zero-order chi connectivity index (χ0) is 15.0. The smallest absolute Gasteiger partial charge is 0.255 e. The van der Waals surface area contributed by atoms with Crippen molar-refractivity contribution >= 4 is 27.7 Å². The summed E-state index contributed by atoms with van der Waals surface area (Å²) in [5.74, 6) is 5.55. The first-order valence-electron chi connectivity index (χ1n) is 6.75. The molecule has 6 nitrogen and oxygen atoms in total. The number of nitrogen functional groups attached to an aromatic ring is 1. The van der Waals surface area contributed by atoms with Crippen molar-refractivity contribution in [3.8, 4) is 0 Å². The molecule has 1 heterocycles. The number of hydrogen-bond donors (Lipinski definition) is 3. The number of amides is 1. The minimum atomic E-state index is -0.181. The fourth-order valence-electron chi connectivity index (χ4n) is 1.89. The normalized spacial score (nSPS) is 10.7. The van der Waals surface area contributed by atoms with E-state index in [1.807, 2.05) is 0 Å². The van der Waals surface area contributed by atoms with Gasteiger partial charge in [-0.3, -0.25) is 4.79 Å². The van der Waals surface area contributed by atoms with Gasteiger partial charge in [0.15, 0.2) is 5.82 Å². The Bertz CT molecular complexity index is 441. The minimum Gasteiger partial charge on any atom is -0.351 e. The summed E-state index contributed by atoms with van der Waals surface area (Å²) in [6.07, 6.45) is 2.70. The van der Waals surface area contributed by atoms with Gasteiger partial charge in [-0.2, -0.15) is 0 Å². The molecule has 0 atom stereocenters. The van der Waals surface area contributed by atoms with Crippen LogP contribution in [-0.4, -0.2) is 42.0 Å². The molecule has 0 spiro atoms. The van der Waals surface area contributed by atoms with E-state index < -0.39 is 0 Å². The number of pyridine rings is 1. The highest BCUT2D eigenvalue weighted by Crippen LogP contribution is 2.16. The summed E-state index contributed by atoms with van der Waals surface area (Å²) in [6, 6.07) is 1.70. The fraction of sp³-hybridized carbons (Fsp3) is 0.538. The van der Waals surface area contributed by atoms with E-state index in [1.165, 1.54) is 0 Å². The number of likely N-dealkylation sites (N-methyl/N-ethyl adjacent to an activating group) is 1. The van der Waals surface area contributed by atoms with Gasteiger partial charge in [-0.15, -0.1) is 0 Å². The molecule has 0 aromatic carbocycles. The van der Waals surface area contributed by atoms with Crippen LogP contribution in [-0.2, 0) is 0 Å². The molecule has 1 rings (SSSR count).